The molecule has 0 radical (unpaired) electrons. The van der Waals surface area contributed by atoms with Crippen LogP contribution in [-0.4, -0.2) is 52.7 Å². The van der Waals surface area contributed by atoms with Gasteiger partial charge in [0.05, 0.1) is 30.0 Å². The zero-order valence-electron chi connectivity index (χ0n) is 18.3. The molecule has 168 valence electrons. The molecule has 1 N–H and O–H groups in total. The fourth-order valence-corrected chi connectivity index (χ4v) is 4.55. The smallest absolute Gasteiger partial charge is 0.354 e. The lowest BCUT2D eigenvalue weighted by Gasteiger charge is -2.16. The molecule has 9 nitrogen and oxygen atoms in total. The van der Waals surface area contributed by atoms with E-state index in [9.17, 15) is 14.7 Å². The Labute approximate surface area is 189 Å². The third-order valence-corrected chi connectivity index (χ3v) is 6.30. The van der Waals surface area contributed by atoms with E-state index in [1.165, 1.54) is 6.20 Å². The van der Waals surface area contributed by atoms with E-state index in [-0.39, 0.29) is 17.4 Å². The van der Waals surface area contributed by atoms with Crippen LogP contribution in [0.4, 0.5) is 0 Å². The van der Waals surface area contributed by atoms with Gasteiger partial charge in [-0.05, 0) is 36.2 Å². The van der Waals surface area contributed by atoms with Crippen LogP contribution in [-0.2, 0) is 13.6 Å². The highest BCUT2D eigenvalue weighted by Crippen LogP contribution is 2.26. The molecule has 0 aliphatic carbocycles. The van der Waals surface area contributed by atoms with Gasteiger partial charge in [0, 0.05) is 26.3 Å². The normalized spacial score (nSPS) is 16.5. The van der Waals surface area contributed by atoms with E-state index in [0.29, 0.717) is 24.6 Å². The second-order valence-corrected chi connectivity index (χ2v) is 8.23. The lowest BCUT2D eigenvalue weighted by Crippen LogP contribution is -2.29. The molecule has 1 unspecified atom stereocenters. The summed E-state index contributed by atoms with van der Waals surface area (Å²) >= 11 is 0. The largest absolute Gasteiger partial charge is 0.477 e. The Kier molecular flexibility index (Phi) is 5.18. The molecule has 1 saturated heterocycles. The van der Waals surface area contributed by atoms with Crippen LogP contribution in [0.3, 0.4) is 0 Å². The molecular weight excluding hydrogens is 420 g/mol. The molecule has 0 saturated carbocycles. The second-order valence-electron chi connectivity index (χ2n) is 8.23. The molecule has 4 heterocycles. The molecule has 0 amide bonds. The van der Waals surface area contributed by atoms with Gasteiger partial charge >= 0.3 is 11.7 Å². The Morgan fingerprint density at radius 2 is 2.03 bits per heavy atom. The van der Waals surface area contributed by atoms with Crippen LogP contribution < -0.4 is 5.69 Å². The zero-order chi connectivity index (χ0) is 23.1. The number of hydrogen-bond acceptors (Lipinski definition) is 5. The maximum atomic E-state index is 13.6. The zero-order valence-corrected chi connectivity index (χ0v) is 18.3. The maximum absolute atomic E-state index is 13.6. The minimum atomic E-state index is -0.998. The van der Waals surface area contributed by atoms with Crippen molar-refractivity contribution in [1.29, 1.82) is 0 Å². The molecule has 0 bridgehead atoms. The highest BCUT2D eigenvalue weighted by atomic mass is 16.4. The van der Waals surface area contributed by atoms with Gasteiger partial charge in [0.2, 0.25) is 0 Å². The van der Waals surface area contributed by atoms with E-state index in [1.54, 1.807) is 33.0 Å². The van der Waals surface area contributed by atoms with E-state index in [4.69, 9.17) is 0 Å². The second kappa shape index (κ2) is 8.18. The highest BCUT2D eigenvalue weighted by molar-refractivity contribution is 5.85. The Balaban J connectivity index is 1.47. The minimum Gasteiger partial charge on any atom is -0.477 e. The van der Waals surface area contributed by atoms with Gasteiger partial charge in [0.1, 0.15) is 11.5 Å². The van der Waals surface area contributed by atoms with Crippen molar-refractivity contribution in [3.8, 4) is 5.69 Å². The lowest BCUT2D eigenvalue weighted by atomic mass is 10.2. The van der Waals surface area contributed by atoms with Gasteiger partial charge in [0.25, 0.3) is 0 Å². The SMILES string of the molecule is C=Cc1ccc(-n2c(=O)n(C3CCN(Cc4ncc(C(=O)O)n4C)C3)c3ncccc32)cc1. The Morgan fingerprint density at radius 3 is 2.73 bits per heavy atom. The van der Waals surface area contributed by atoms with Crippen molar-refractivity contribution in [3.63, 3.8) is 0 Å². The summed E-state index contributed by atoms with van der Waals surface area (Å²) in [7, 11) is 1.71. The number of nitrogens with zero attached hydrogens (tertiary/aromatic N) is 6. The van der Waals surface area contributed by atoms with Gasteiger partial charge in [-0.2, -0.15) is 0 Å². The molecule has 33 heavy (non-hydrogen) atoms. The average Bonchev–Trinajstić information content (AvgIpc) is 3.50. The maximum Gasteiger partial charge on any atom is 0.354 e. The summed E-state index contributed by atoms with van der Waals surface area (Å²) in [5.41, 5.74) is 3.24. The molecule has 1 aromatic carbocycles. The summed E-state index contributed by atoms with van der Waals surface area (Å²) in [6.07, 6.45) is 5.65. The van der Waals surface area contributed by atoms with Gasteiger partial charge in [-0.1, -0.05) is 24.8 Å². The van der Waals surface area contributed by atoms with Crippen LogP contribution in [0.25, 0.3) is 22.9 Å². The third kappa shape index (κ3) is 3.56. The van der Waals surface area contributed by atoms with Crippen LogP contribution in [0.15, 0.2) is 60.2 Å². The van der Waals surface area contributed by atoms with Gasteiger partial charge in [-0.3, -0.25) is 14.0 Å². The first-order valence-electron chi connectivity index (χ1n) is 10.7. The number of carbonyl (C=O) groups is 1. The number of imidazole rings is 2. The van der Waals surface area contributed by atoms with E-state index in [0.717, 1.165) is 29.7 Å². The number of benzene rings is 1. The van der Waals surface area contributed by atoms with Crippen LogP contribution in [0.2, 0.25) is 0 Å². The molecular formula is C24H24N6O3. The molecule has 3 aromatic heterocycles. The van der Waals surface area contributed by atoms with E-state index >= 15 is 0 Å². The Hall–Kier alpha value is -3.98. The van der Waals surface area contributed by atoms with Crippen molar-refractivity contribution in [2.75, 3.05) is 13.1 Å². The first-order valence-corrected chi connectivity index (χ1v) is 10.7. The number of hydrogen-bond donors (Lipinski definition) is 1. The van der Waals surface area contributed by atoms with Crippen LogP contribution in [0.5, 0.6) is 0 Å². The van der Waals surface area contributed by atoms with E-state index in [2.05, 4.69) is 21.4 Å². The molecule has 1 aliphatic heterocycles. The van der Waals surface area contributed by atoms with Crippen molar-refractivity contribution in [1.82, 2.24) is 28.6 Å². The molecule has 1 fully saturated rings. The summed E-state index contributed by atoms with van der Waals surface area (Å²) < 4.78 is 5.09. The number of carboxylic acid groups (broad SMARTS) is 1. The summed E-state index contributed by atoms with van der Waals surface area (Å²) in [6.45, 7) is 5.74. The Bertz CT molecular complexity index is 1410. The highest BCUT2D eigenvalue weighted by Gasteiger charge is 2.29. The number of aromatic carboxylic acids is 1. The van der Waals surface area contributed by atoms with Gasteiger partial charge in [-0.15, -0.1) is 0 Å². The quantitative estimate of drug-likeness (QED) is 0.491. The number of likely N-dealkylation sites (tertiary alicyclic amines) is 1. The molecule has 9 heteroatoms. The van der Waals surface area contributed by atoms with Crippen LogP contribution >= 0.6 is 0 Å². The predicted molar refractivity (Wildman–Crippen MR) is 125 cm³/mol. The van der Waals surface area contributed by atoms with Crippen molar-refractivity contribution in [2.24, 2.45) is 7.05 Å². The average molecular weight is 444 g/mol. The van der Waals surface area contributed by atoms with Crippen molar-refractivity contribution < 1.29 is 9.90 Å². The number of pyridine rings is 1. The fraction of sp³-hybridized carbons (Fsp3) is 0.250. The van der Waals surface area contributed by atoms with Crippen LogP contribution in [0.1, 0.15) is 34.3 Å². The standard InChI is InChI=1S/C24H24N6O3/c1-3-16-6-8-17(9-7-16)29-19-5-4-11-25-22(19)30(24(29)33)18-10-12-28(14-18)15-21-26-13-20(23(31)32)27(21)2/h3-9,11,13,18H,1,10,12,14-15H2,2H3,(H,31,32). The lowest BCUT2D eigenvalue weighted by molar-refractivity contribution is 0.0686. The first kappa shape index (κ1) is 20.9. The predicted octanol–water partition coefficient (Wildman–Crippen LogP) is 2.71. The molecule has 5 rings (SSSR count). The third-order valence-electron chi connectivity index (χ3n) is 6.30. The van der Waals surface area contributed by atoms with Crippen molar-refractivity contribution in [2.45, 2.75) is 19.0 Å². The van der Waals surface area contributed by atoms with E-state index in [1.807, 2.05) is 36.4 Å². The summed E-state index contributed by atoms with van der Waals surface area (Å²) in [5.74, 6) is -0.314. The van der Waals surface area contributed by atoms with E-state index < -0.39 is 5.97 Å². The Morgan fingerprint density at radius 1 is 1.24 bits per heavy atom. The van der Waals surface area contributed by atoms with Gasteiger partial charge in [0.15, 0.2) is 5.65 Å². The number of aromatic nitrogens is 5. The van der Waals surface area contributed by atoms with Gasteiger partial charge in [-0.25, -0.2) is 19.6 Å². The molecule has 4 aromatic rings. The van der Waals surface area contributed by atoms with Gasteiger partial charge < -0.3 is 9.67 Å². The monoisotopic (exact) mass is 444 g/mol. The molecule has 1 aliphatic rings. The first-order chi connectivity index (χ1) is 16.0. The number of carboxylic acids is 1. The van der Waals surface area contributed by atoms with Crippen molar-refractivity contribution >= 4 is 23.2 Å². The van der Waals surface area contributed by atoms with Crippen LogP contribution in [0, 0.1) is 0 Å². The number of fused-ring (bicyclic) bond motifs is 1. The summed E-state index contributed by atoms with van der Waals surface area (Å²) in [5, 5.41) is 9.26. The molecule has 0 spiro atoms. The topological polar surface area (TPSA) is 98.2 Å². The van der Waals surface area contributed by atoms with Crippen molar-refractivity contribution in [3.05, 3.63) is 82.9 Å². The summed E-state index contributed by atoms with van der Waals surface area (Å²) in [4.78, 5) is 35.9. The molecule has 1 atom stereocenters. The number of rotatable bonds is 6. The minimum absolute atomic E-state index is 0.0391. The summed E-state index contributed by atoms with van der Waals surface area (Å²) in [6, 6.07) is 11.4. The fourth-order valence-electron chi connectivity index (χ4n) is 4.55.